The quantitative estimate of drug-likeness (QED) is 0.716. The molecular formula is C13H14O3. The van der Waals surface area contributed by atoms with Gasteiger partial charge in [-0.05, 0) is 12.5 Å². The molecule has 0 N–H and O–H groups in total. The van der Waals surface area contributed by atoms with Crippen LogP contribution in [0.25, 0.3) is 5.57 Å². The maximum atomic E-state index is 11.0. The number of esters is 1. The molecule has 84 valence electrons. The summed E-state index contributed by atoms with van der Waals surface area (Å²) >= 11 is 0. The Morgan fingerprint density at radius 2 is 2.25 bits per heavy atom. The monoisotopic (exact) mass is 218 g/mol. The first kappa shape index (κ1) is 10.7. The molecule has 1 aliphatic rings. The number of rotatable bonds is 2. The van der Waals surface area contributed by atoms with Gasteiger partial charge in [0, 0.05) is 18.1 Å². The number of benzene rings is 1. The first-order valence-electron chi connectivity index (χ1n) is 5.35. The van der Waals surface area contributed by atoms with Gasteiger partial charge in [-0.1, -0.05) is 31.2 Å². The largest absolute Gasteiger partial charge is 0.450 e. The second kappa shape index (κ2) is 4.39. The number of carbonyl (C=O) groups excluding carboxylic acids is 1. The first-order valence-corrected chi connectivity index (χ1v) is 5.35. The van der Waals surface area contributed by atoms with Crippen LogP contribution < -0.4 is 4.74 Å². The first-order chi connectivity index (χ1) is 7.72. The third kappa shape index (κ3) is 1.94. The van der Waals surface area contributed by atoms with Gasteiger partial charge in [-0.25, -0.2) is 0 Å². The number of hydrogen-bond donors (Lipinski definition) is 0. The lowest BCUT2D eigenvalue weighted by Gasteiger charge is -2.11. The minimum Gasteiger partial charge on any atom is -0.450 e. The van der Waals surface area contributed by atoms with Crippen LogP contribution in [0.5, 0.6) is 5.75 Å². The predicted octanol–water partition coefficient (Wildman–Crippen LogP) is 2.76. The molecule has 1 atom stereocenters. The molecule has 16 heavy (non-hydrogen) atoms. The van der Waals surface area contributed by atoms with Crippen molar-refractivity contribution in [1.29, 1.82) is 0 Å². The fourth-order valence-corrected chi connectivity index (χ4v) is 1.78. The van der Waals surface area contributed by atoms with Crippen molar-refractivity contribution >= 4 is 11.5 Å². The van der Waals surface area contributed by atoms with Crippen LogP contribution in [0.15, 0.2) is 30.3 Å². The van der Waals surface area contributed by atoms with E-state index in [9.17, 15) is 4.79 Å². The van der Waals surface area contributed by atoms with Crippen LogP contribution in [0, 0.1) is 0 Å². The van der Waals surface area contributed by atoms with Crippen LogP contribution in [0.2, 0.25) is 0 Å². The number of fused-ring (bicyclic) bond motifs is 1. The molecule has 0 fully saturated rings. The van der Waals surface area contributed by atoms with E-state index < -0.39 is 6.29 Å². The fraction of sp³-hybridized carbons (Fsp3) is 0.308. The van der Waals surface area contributed by atoms with Gasteiger partial charge in [0.2, 0.25) is 0 Å². The summed E-state index contributed by atoms with van der Waals surface area (Å²) in [5.74, 6) is 0.438. The van der Waals surface area contributed by atoms with Gasteiger partial charge in [0.25, 0.3) is 6.29 Å². The Labute approximate surface area is 94.7 Å². The molecule has 1 aromatic carbocycles. The molecular weight excluding hydrogens is 204 g/mol. The zero-order valence-corrected chi connectivity index (χ0v) is 9.40. The summed E-state index contributed by atoms with van der Waals surface area (Å²) in [5, 5.41) is 0. The molecule has 3 heteroatoms. The Bertz CT molecular complexity index is 435. The lowest BCUT2D eigenvalue weighted by molar-refractivity contribution is -0.153. The van der Waals surface area contributed by atoms with E-state index in [4.69, 9.17) is 9.47 Å². The van der Waals surface area contributed by atoms with E-state index in [1.54, 1.807) is 0 Å². The van der Waals surface area contributed by atoms with Crippen molar-refractivity contribution in [1.82, 2.24) is 0 Å². The molecule has 1 aromatic rings. The maximum absolute atomic E-state index is 11.0. The van der Waals surface area contributed by atoms with Gasteiger partial charge < -0.3 is 9.47 Å². The van der Waals surface area contributed by atoms with E-state index in [2.05, 4.69) is 0 Å². The van der Waals surface area contributed by atoms with Gasteiger partial charge in [0.05, 0.1) is 0 Å². The average molecular weight is 218 g/mol. The third-order valence-corrected chi connectivity index (χ3v) is 2.38. The zero-order chi connectivity index (χ0) is 11.5. The van der Waals surface area contributed by atoms with Gasteiger partial charge in [0.15, 0.2) is 0 Å². The lowest BCUT2D eigenvalue weighted by atomic mass is 10.1. The number of allylic oxidation sites excluding steroid dienone is 1. The standard InChI is InChI=1S/C13H14O3/c1-3-6-11-10-7-4-5-8-12(10)16-13(11)15-9(2)14/h4-8,13H,3H2,1-2H3/b11-6-. The molecule has 0 bridgehead atoms. The van der Waals surface area contributed by atoms with Gasteiger partial charge in [-0.2, -0.15) is 0 Å². The molecule has 0 radical (unpaired) electrons. The molecule has 0 saturated carbocycles. The minimum atomic E-state index is -0.588. The van der Waals surface area contributed by atoms with E-state index in [0.717, 1.165) is 23.3 Å². The Morgan fingerprint density at radius 3 is 2.94 bits per heavy atom. The molecule has 0 aromatic heterocycles. The Kier molecular flexibility index (Phi) is 2.95. The number of carbonyl (C=O) groups is 1. The van der Waals surface area contributed by atoms with Crippen LogP contribution >= 0.6 is 0 Å². The normalized spacial score (nSPS) is 20.4. The van der Waals surface area contributed by atoms with Crippen LogP contribution in [-0.4, -0.2) is 12.3 Å². The molecule has 3 nitrogen and oxygen atoms in total. The second-order valence-corrected chi connectivity index (χ2v) is 3.62. The summed E-state index contributed by atoms with van der Waals surface area (Å²) < 4.78 is 10.7. The van der Waals surface area contributed by atoms with Crippen LogP contribution in [0.1, 0.15) is 25.8 Å². The second-order valence-electron chi connectivity index (χ2n) is 3.62. The molecule has 2 rings (SSSR count). The summed E-state index contributed by atoms with van der Waals surface area (Å²) in [6.07, 6.45) is 2.32. The highest BCUT2D eigenvalue weighted by molar-refractivity contribution is 5.78. The van der Waals surface area contributed by atoms with Crippen LogP contribution in [0.4, 0.5) is 0 Å². The maximum Gasteiger partial charge on any atom is 0.305 e. The van der Waals surface area contributed by atoms with E-state index in [1.165, 1.54) is 6.92 Å². The fourth-order valence-electron chi connectivity index (χ4n) is 1.78. The lowest BCUT2D eigenvalue weighted by Crippen LogP contribution is -2.19. The molecule has 0 spiro atoms. The highest BCUT2D eigenvalue weighted by Crippen LogP contribution is 2.37. The van der Waals surface area contributed by atoms with Crippen molar-refractivity contribution in [3.8, 4) is 5.75 Å². The van der Waals surface area contributed by atoms with Crippen LogP contribution in [-0.2, 0) is 9.53 Å². The molecule has 1 unspecified atom stereocenters. The van der Waals surface area contributed by atoms with E-state index in [-0.39, 0.29) is 5.97 Å². The van der Waals surface area contributed by atoms with Gasteiger partial charge in [0.1, 0.15) is 5.75 Å². The Balaban J connectivity index is 2.34. The summed E-state index contributed by atoms with van der Waals surface area (Å²) in [6.45, 7) is 3.43. The number of hydrogen-bond acceptors (Lipinski definition) is 3. The van der Waals surface area contributed by atoms with Crippen molar-refractivity contribution in [2.75, 3.05) is 0 Å². The van der Waals surface area contributed by atoms with E-state index in [0.29, 0.717) is 0 Å². The van der Waals surface area contributed by atoms with Crippen molar-refractivity contribution in [2.45, 2.75) is 26.6 Å². The van der Waals surface area contributed by atoms with Crippen molar-refractivity contribution in [3.05, 3.63) is 35.9 Å². The molecule has 1 aliphatic heterocycles. The SMILES string of the molecule is CC/C=C1/c2ccccc2OC1OC(C)=O. The van der Waals surface area contributed by atoms with Gasteiger partial charge in [-0.3, -0.25) is 4.79 Å². The molecule has 1 heterocycles. The van der Waals surface area contributed by atoms with Crippen molar-refractivity contribution < 1.29 is 14.3 Å². The Hall–Kier alpha value is -1.77. The minimum absolute atomic E-state index is 0.334. The summed E-state index contributed by atoms with van der Waals surface area (Å²) in [6, 6.07) is 7.70. The smallest absolute Gasteiger partial charge is 0.305 e. The molecule has 0 saturated heterocycles. The predicted molar refractivity (Wildman–Crippen MR) is 60.9 cm³/mol. The topological polar surface area (TPSA) is 35.5 Å². The van der Waals surface area contributed by atoms with E-state index >= 15 is 0 Å². The van der Waals surface area contributed by atoms with E-state index in [1.807, 2.05) is 37.3 Å². The summed E-state index contributed by atoms with van der Waals surface area (Å²) in [4.78, 5) is 11.0. The van der Waals surface area contributed by atoms with Gasteiger partial charge >= 0.3 is 5.97 Å². The number of para-hydroxylation sites is 1. The van der Waals surface area contributed by atoms with Gasteiger partial charge in [-0.15, -0.1) is 0 Å². The average Bonchev–Trinajstić information content (AvgIpc) is 2.57. The van der Waals surface area contributed by atoms with Crippen molar-refractivity contribution in [3.63, 3.8) is 0 Å². The third-order valence-electron chi connectivity index (χ3n) is 2.38. The number of ether oxygens (including phenoxy) is 2. The summed E-state index contributed by atoms with van der Waals surface area (Å²) in [7, 11) is 0. The molecule has 0 amide bonds. The Morgan fingerprint density at radius 1 is 1.50 bits per heavy atom. The summed E-state index contributed by atoms with van der Waals surface area (Å²) in [5.41, 5.74) is 1.95. The highest BCUT2D eigenvalue weighted by atomic mass is 16.7. The molecule has 0 aliphatic carbocycles. The zero-order valence-electron chi connectivity index (χ0n) is 9.40. The van der Waals surface area contributed by atoms with Crippen molar-refractivity contribution in [2.24, 2.45) is 0 Å². The highest BCUT2D eigenvalue weighted by Gasteiger charge is 2.30. The van der Waals surface area contributed by atoms with Crippen LogP contribution in [0.3, 0.4) is 0 Å².